The number of benzene rings is 1. The predicted octanol–water partition coefficient (Wildman–Crippen LogP) is 4.15. The van der Waals surface area contributed by atoms with E-state index in [2.05, 4.69) is 31.6 Å². The average Bonchev–Trinajstić information content (AvgIpc) is 3.23. The van der Waals surface area contributed by atoms with Crippen LogP contribution < -0.4 is 5.32 Å². The molecule has 2 heterocycles. The standard InChI is InChI=1S/C19H21N5O2/c1-4-5-11-19(23-24-19)12-10-16(25)20-15-8-6-14(7-9-15)18-21-17(13(2)3)22-26-18/h1,6-9,13H,5,10-12H2,2-3H3,(H,20,25). The van der Waals surface area contributed by atoms with Crippen molar-refractivity contribution in [3.05, 3.63) is 30.1 Å². The Bertz CT molecular complexity index is 840. The van der Waals surface area contributed by atoms with Crippen molar-refractivity contribution >= 4 is 11.6 Å². The number of terminal acetylenes is 1. The smallest absolute Gasteiger partial charge is 0.257 e. The normalized spacial score (nSPS) is 14.2. The van der Waals surface area contributed by atoms with Gasteiger partial charge in [0.05, 0.1) is 0 Å². The van der Waals surface area contributed by atoms with E-state index < -0.39 is 5.66 Å². The number of carbonyl (C=O) groups excluding carboxylic acids is 1. The molecule has 3 rings (SSSR count). The topological polar surface area (TPSA) is 92.7 Å². The molecule has 0 aliphatic carbocycles. The largest absolute Gasteiger partial charge is 0.334 e. The molecule has 7 nitrogen and oxygen atoms in total. The summed E-state index contributed by atoms with van der Waals surface area (Å²) < 4.78 is 5.26. The lowest BCUT2D eigenvalue weighted by atomic mass is 10.0. The van der Waals surface area contributed by atoms with E-state index in [4.69, 9.17) is 10.9 Å². The minimum Gasteiger partial charge on any atom is -0.334 e. The van der Waals surface area contributed by atoms with Gasteiger partial charge in [-0.1, -0.05) is 19.0 Å². The molecular weight excluding hydrogens is 330 g/mol. The first-order chi connectivity index (χ1) is 12.5. The highest BCUT2D eigenvalue weighted by Crippen LogP contribution is 2.37. The molecule has 0 atom stereocenters. The van der Waals surface area contributed by atoms with Crippen LogP contribution in [0.4, 0.5) is 5.69 Å². The Labute approximate surface area is 152 Å². The van der Waals surface area contributed by atoms with Crippen molar-refractivity contribution in [3.63, 3.8) is 0 Å². The molecule has 1 N–H and O–H groups in total. The molecule has 1 amide bonds. The van der Waals surface area contributed by atoms with E-state index in [9.17, 15) is 4.79 Å². The lowest BCUT2D eigenvalue weighted by Gasteiger charge is -2.09. The molecular formula is C19H21N5O2. The van der Waals surface area contributed by atoms with Gasteiger partial charge in [-0.05, 0) is 24.3 Å². The first-order valence-electron chi connectivity index (χ1n) is 8.63. The molecule has 2 aromatic rings. The average molecular weight is 351 g/mol. The SMILES string of the molecule is C#CCCC1(CCC(=O)Nc2ccc(-c3nc(C(C)C)no3)cc2)N=N1. The van der Waals surface area contributed by atoms with E-state index in [0.29, 0.717) is 43.1 Å². The molecule has 0 saturated heterocycles. The number of carbonyl (C=O) groups is 1. The summed E-state index contributed by atoms with van der Waals surface area (Å²) in [5.74, 6) is 3.86. The number of amides is 1. The van der Waals surface area contributed by atoms with Gasteiger partial charge < -0.3 is 9.84 Å². The molecule has 1 aliphatic rings. The van der Waals surface area contributed by atoms with Gasteiger partial charge in [0, 0.05) is 42.9 Å². The highest BCUT2D eigenvalue weighted by Gasteiger charge is 2.39. The number of aromatic nitrogens is 2. The maximum atomic E-state index is 12.1. The number of nitrogens with zero attached hydrogens (tertiary/aromatic N) is 4. The van der Waals surface area contributed by atoms with Gasteiger partial charge >= 0.3 is 0 Å². The quantitative estimate of drug-likeness (QED) is 0.723. The Morgan fingerprint density at radius 1 is 1.27 bits per heavy atom. The summed E-state index contributed by atoms with van der Waals surface area (Å²) in [7, 11) is 0. The van der Waals surface area contributed by atoms with Crippen molar-refractivity contribution < 1.29 is 9.32 Å². The molecule has 0 spiro atoms. The van der Waals surface area contributed by atoms with Gasteiger partial charge in [0.2, 0.25) is 5.91 Å². The summed E-state index contributed by atoms with van der Waals surface area (Å²) in [6, 6.07) is 7.30. The number of hydrogen-bond donors (Lipinski definition) is 1. The molecule has 7 heteroatoms. The Kier molecular flexibility index (Phi) is 5.12. The van der Waals surface area contributed by atoms with E-state index in [0.717, 1.165) is 5.56 Å². The summed E-state index contributed by atoms with van der Waals surface area (Å²) in [4.78, 5) is 16.5. The Hall–Kier alpha value is -3.01. The van der Waals surface area contributed by atoms with Gasteiger partial charge in [-0.3, -0.25) is 4.79 Å². The Balaban J connectivity index is 1.52. The van der Waals surface area contributed by atoms with Crippen LogP contribution in [0.2, 0.25) is 0 Å². The van der Waals surface area contributed by atoms with Crippen molar-refractivity contribution in [2.75, 3.05) is 5.32 Å². The number of nitrogens with one attached hydrogen (secondary N) is 1. The van der Waals surface area contributed by atoms with Crippen molar-refractivity contribution in [2.24, 2.45) is 10.2 Å². The van der Waals surface area contributed by atoms with Crippen LogP contribution in [0.1, 0.15) is 51.3 Å². The monoisotopic (exact) mass is 351 g/mol. The molecule has 1 aromatic carbocycles. The highest BCUT2D eigenvalue weighted by molar-refractivity contribution is 5.91. The minimum absolute atomic E-state index is 0.0741. The molecule has 26 heavy (non-hydrogen) atoms. The predicted molar refractivity (Wildman–Crippen MR) is 97.3 cm³/mol. The van der Waals surface area contributed by atoms with Gasteiger partial charge in [0.1, 0.15) is 0 Å². The van der Waals surface area contributed by atoms with E-state index in [1.54, 1.807) is 0 Å². The highest BCUT2D eigenvalue weighted by atomic mass is 16.5. The number of hydrogen-bond acceptors (Lipinski definition) is 6. The van der Waals surface area contributed by atoms with Crippen LogP contribution >= 0.6 is 0 Å². The maximum absolute atomic E-state index is 12.1. The number of anilines is 1. The van der Waals surface area contributed by atoms with E-state index in [-0.39, 0.29) is 11.8 Å². The summed E-state index contributed by atoms with van der Waals surface area (Å²) in [6.07, 6.45) is 7.51. The fourth-order valence-electron chi connectivity index (χ4n) is 2.49. The van der Waals surface area contributed by atoms with Crippen LogP contribution in [0.5, 0.6) is 0 Å². The molecule has 0 radical (unpaired) electrons. The zero-order valence-corrected chi connectivity index (χ0v) is 14.9. The van der Waals surface area contributed by atoms with Gasteiger partial charge in [-0.15, -0.1) is 12.3 Å². The molecule has 134 valence electrons. The van der Waals surface area contributed by atoms with Crippen molar-refractivity contribution in [1.29, 1.82) is 0 Å². The first kappa shape index (κ1) is 17.8. The molecule has 1 aliphatic heterocycles. The van der Waals surface area contributed by atoms with Crippen LogP contribution in [0.25, 0.3) is 11.5 Å². The Morgan fingerprint density at radius 2 is 2.00 bits per heavy atom. The summed E-state index contributed by atoms with van der Waals surface area (Å²) in [5, 5.41) is 14.9. The maximum Gasteiger partial charge on any atom is 0.257 e. The van der Waals surface area contributed by atoms with Crippen LogP contribution in [-0.4, -0.2) is 21.7 Å². The fourth-order valence-corrected chi connectivity index (χ4v) is 2.49. The molecule has 0 bridgehead atoms. The zero-order chi connectivity index (χ0) is 18.6. The van der Waals surface area contributed by atoms with Crippen molar-refractivity contribution in [2.45, 2.75) is 51.1 Å². The number of rotatable bonds is 8. The third kappa shape index (κ3) is 4.33. The summed E-state index contributed by atoms with van der Waals surface area (Å²) in [5.41, 5.74) is 1.09. The van der Waals surface area contributed by atoms with Gasteiger partial charge in [0.25, 0.3) is 5.89 Å². The van der Waals surface area contributed by atoms with Crippen LogP contribution in [0.3, 0.4) is 0 Å². The Morgan fingerprint density at radius 3 is 2.58 bits per heavy atom. The summed E-state index contributed by atoms with van der Waals surface area (Å²) in [6.45, 7) is 4.01. The van der Waals surface area contributed by atoms with Crippen LogP contribution in [-0.2, 0) is 4.79 Å². The van der Waals surface area contributed by atoms with E-state index in [1.807, 2.05) is 38.1 Å². The fraction of sp³-hybridized carbons (Fsp3) is 0.421. The molecule has 1 aromatic heterocycles. The molecule has 0 unspecified atom stereocenters. The third-order valence-electron chi connectivity index (χ3n) is 4.18. The van der Waals surface area contributed by atoms with Gasteiger partial charge in [-0.25, -0.2) is 0 Å². The minimum atomic E-state index is -0.431. The zero-order valence-electron chi connectivity index (χ0n) is 14.9. The van der Waals surface area contributed by atoms with Crippen LogP contribution in [0.15, 0.2) is 39.0 Å². The summed E-state index contributed by atoms with van der Waals surface area (Å²) >= 11 is 0. The van der Waals surface area contributed by atoms with Gasteiger partial charge in [-0.2, -0.15) is 15.2 Å². The van der Waals surface area contributed by atoms with E-state index in [1.165, 1.54) is 0 Å². The van der Waals surface area contributed by atoms with Gasteiger partial charge in [0.15, 0.2) is 11.5 Å². The van der Waals surface area contributed by atoms with E-state index >= 15 is 0 Å². The third-order valence-corrected chi connectivity index (χ3v) is 4.18. The first-order valence-corrected chi connectivity index (χ1v) is 8.63. The molecule has 0 fully saturated rings. The van der Waals surface area contributed by atoms with Crippen LogP contribution in [0, 0.1) is 12.3 Å². The second kappa shape index (κ2) is 7.48. The lowest BCUT2D eigenvalue weighted by Crippen LogP contribution is -2.17. The molecule has 0 saturated carbocycles. The second-order valence-corrected chi connectivity index (χ2v) is 6.62. The van der Waals surface area contributed by atoms with Crippen molar-refractivity contribution in [1.82, 2.24) is 10.1 Å². The second-order valence-electron chi connectivity index (χ2n) is 6.62. The lowest BCUT2D eigenvalue weighted by molar-refractivity contribution is -0.116. The van der Waals surface area contributed by atoms with Crippen molar-refractivity contribution in [3.8, 4) is 23.8 Å².